The summed E-state index contributed by atoms with van der Waals surface area (Å²) in [6.07, 6.45) is 0.192. The number of halogens is 1. The van der Waals surface area contributed by atoms with E-state index in [2.05, 4.69) is 20.3 Å². The molecule has 0 aromatic heterocycles. The zero-order valence-corrected chi connectivity index (χ0v) is 14.2. The third kappa shape index (κ3) is 3.40. The quantitative estimate of drug-likeness (QED) is 0.824. The molecule has 0 saturated carbocycles. The Morgan fingerprint density at radius 2 is 2.14 bits per heavy atom. The van der Waals surface area contributed by atoms with Gasteiger partial charge in [-0.25, -0.2) is 13.4 Å². The van der Waals surface area contributed by atoms with Crippen molar-refractivity contribution in [2.24, 2.45) is 4.36 Å². The number of benzene rings is 1. The lowest BCUT2D eigenvalue weighted by Crippen LogP contribution is -2.49. The van der Waals surface area contributed by atoms with Gasteiger partial charge in [0.1, 0.15) is 5.37 Å². The number of hydrogen-bond donors (Lipinski definition) is 1. The highest BCUT2D eigenvalue weighted by Gasteiger charge is 2.38. The van der Waals surface area contributed by atoms with Gasteiger partial charge in [0.05, 0.1) is 9.73 Å². The van der Waals surface area contributed by atoms with Crippen molar-refractivity contribution >= 4 is 31.8 Å². The molecule has 1 heterocycles. The first kappa shape index (κ1) is 16.3. The second-order valence-electron chi connectivity index (χ2n) is 4.88. The summed E-state index contributed by atoms with van der Waals surface area (Å²) in [7, 11) is -2.81. The molecule has 1 fully saturated rings. The predicted molar refractivity (Wildman–Crippen MR) is 86.3 cm³/mol. The van der Waals surface area contributed by atoms with Crippen LogP contribution in [0.15, 0.2) is 39.6 Å². The molecule has 116 valence electrons. The molecule has 0 bridgehead atoms. The van der Waals surface area contributed by atoms with E-state index < -0.39 is 21.2 Å². The Morgan fingerprint density at radius 3 is 2.71 bits per heavy atom. The van der Waals surface area contributed by atoms with E-state index in [4.69, 9.17) is 0 Å². The van der Waals surface area contributed by atoms with E-state index in [0.717, 1.165) is 6.42 Å². The molecule has 3 unspecified atom stereocenters. The molecule has 1 N–H and O–H groups in total. The highest BCUT2D eigenvalue weighted by atomic mass is 79.9. The molecule has 0 radical (unpaired) electrons. The first-order chi connectivity index (χ1) is 9.99. The standard InChI is InChI=1S/C14H19BrN2O3S/c1-2-16-21(20,12-6-4-3-5-7-12)13-10-11(15)8-9-17(13)14(18)19/h3-7,11,13H,2,8-10H2,1H3,(H,18,19). The lowest BCUT2D eigenvalue weighted by molar-refractivity contribution is 0.128. The van der Waals surface area contributed by atoms with Gasteiger partial charge < -0.3 is 5.11 Å². The molecule has 1 aliphatic rings. The number of rotatable bonds is 3. The van der Waals surface area contributed by atoms with Crippen molar-refractivity contribution in [2.75, 3.05) is 13.1 Å². The topological polar surface area (TPSA) is 70.0 Å². The molecule has 3 atom stereocenters. The van der Waals surface area contributed by atoms with Gasteiger partial charge in [-0.05, 0) is 31.9 Å². The van der Waals surface area contributed by atoms with Crippen LogP contribution in [0.4, 0.5) is 4.79 Å². The number of piperidine rings is 1. The maximum absolute atomic E-state index is 13.5. The van der Waals surface area contributed by atoms with Crippen LogP contribution in [0.1, 0.15) is 19.8 Å². The summed E-state index contributed by atoms with van der Waals surface area (Å²) < 4.78 is 17.8. The molecular weight excluding hydrogens is 356 g/mol. The van der Waals surface area contributed by atoms with Gasteiger partial charge >= 0.3 is 6.09 Å². The maximum Gasteiger partial charge on any atom is 0.408 e. The highest BCUT2D eigenvalue weighted by molar-refractivity contribution is 9.09. The van der Waals surface area contributed by atoms with E-state index in [1.54, 1.807) is 24.3 Å². The SMILES string of the molecule is CCN=S(=O)(c1ccccc1)C1CC(Br)CCN1C(=O)O. The van der Waals surface area contributed by atoms with E-state index in [9.17, 15) is 14.1 Å². The zero-order chi connectivity index (χ0) is 15.5. The van der Waals surface area contributed by atoms with Crippen LogP contribution in [-0.2, 0) is 9.73 Å². The first-order valence-corrected chi connectivity index (χ1v) is 9.39. The monoisotopic (exact) mass is 374 g/mol. The fourth-order valence-electron chi connectivity index (χ4n) is 2.53. The minimum absolute atomic E-state index is 0.162. The van der Waals surface area contributed by atoms with Crippen molar-refractivity contribution in [3.8, 4) is 0 Å². The highest BCUT2D eigenvalue weighted by Crippen LogP contribution is 2.31. The smallest absolute Gasteiger partial charge is 0.408 e. The average molecular weight is 375 g/mol. The molecule has 1 amide bonds. The van der Waals surface area contributed by atoms with Gasteiger partial charge in [-0.2, -0.15) is 0 Å². The van der Waals surface area contributed by atoms with Gasteiger partial charge in [-0.1, -0.05) is 34.1 Å². The molecule has 2 rings (SSSR count). The summed E-state index contributed by atoms with van der Waals surface area (Å²) >= 11 is 3.53. The van der Waals surface area contributed by atoms with Crippen LogP contribution in [-0.4, -0.2) is 43.6 Å². The molecule has 0 aliphatic carbocycles. The van der Waals surface area contributed by atoms with Crippen molar-refractivity contribution < 1.29 is 14.1 Å². The summed E-state index contributed by atoms with van der Waals surface area (Å²) in [5.41, 5.74) is 0. The van der Waals surface area contributed by atoms with Crippen molar-refractivity contribution in [1.82, 2.24) is 4.90 Å². The van der Waals surface area contributed by atoms with Crippen LogP contribution < -0.4 is 0 Å². The third-order valence-corrected chi connectivity index (χ3v) is 7.11. The van der Waals surface area contributed by atoms with E-state index >= 15 is 0 Å². The van der Waals surface area contributed by atoms with Crippen molar-refractivity contribution in [3.63, 3.8) is 0 Å². The molecular formula is C14H19BrN2O3S. The Bertz CT molecular complexity index is 614. The summed E-state index contributed by atoms with van der Waals surface area (Å²) in [4.78, 5) is 13.5. The number of likely N-dealkylation sites (tertiary alicyclic amines) is 1. The summed E-state index contributed by atoms with van der Waals surface area (Å²) in [5.74, 6) is 0. The van der Waals surface area contributed by atoms with Crippen LogP contribution >= 0.6 is 15.9 Å². The zero-order valence-electron chi connectivity index (χ0n) is 11.8. The maximum atomic E-state index is 13.5. The van der Waals surface area contributed by atoms with E-state index in [1.165, 1.54) is 4.90 Å². The molecule has 1 aliphatic heterocycles. The fourth-order valence-corrected chi connectivity index (χ4v) is 5.94. The van der Waals surface area contributed by atoms with Gasteiger partial charge in [0.15, 0.2) is 0 Å². The predicted octanol–water partition coefficient (Wildman–Crippen LogP) is 3.40. The Balaban J connectivity index is 2.52. The number of carbonyl (C=O) groups is 1. The molecule has 5 nitrogen and oxygen atoms in total. The van der Waals surface area contributed by atoms with Gasteiger partial charge in [0.25, 0.3) is 0 Å². The number of amides is 1. The second kappa shape index (κ2) is 6.79. The third-order valence-electron chi connectivity index (χ3n) is 3.50. The lowest BCUT2D eigenvalue weighted by atomic mass is 10.1. The van der Waals surface area contributed by atoms with Crippen molar-refractivity contribution in [3.05, 3.63) is 30.3 Å². The minimum atomic E-state index is -2.81. The molecule has 1 saturated heterocycles. The second-order valence-corrected chi connectivity index (χ2v) is 8.59. The van der Waals surface area contributed by atoms with Crippen LogP contribution in [0.2, 0.25) is 0 Å². The van der Waals surface area contributed by atoms with Crippen LogP contribution in [0.5, 0.6) is 0 Å². The summed E-state index contributed by atoms with van der Waals surface area (Å²) in [5, 5.41) is 8.80. The molecule has 0 spiro atoms. The Kier molecular flexibility index (Phi) is 5.27. The fraction of sp³-hybridized carbons (Fsp3) is 0.500. The minimum Gasteiger partial charge on any atom is -0.465 e. The lowest BCUT2D eigenvalue weighted by Gasteiger charge is -2.37. The number of hydrogen-bond acceptors (Lipinski definition) is 3. The van der Waals surface area contributed by atoms with Crippen molar-refractivity contribution in [2.45, 2.75) is 34.9 Å². The Morgan fingerprint density at radius 1 is 1.48 bits per heavy atom. The molecule has 1 aromatic rings. The van der Waals surface area contributed by atoms with Gasteiger partial charge in [-0.15, -0.1) is 0 Å². The largest absolute Gasteiger partial charge is 0.465 e. The Labute approximate surface area is 133 Å². The first-order valence-electron chi connectivity index (χ1n) is 6.89. The molecule has 7 heteroatoms. The summed E-state index contributed by atoms with van der Waals surface area (Å²) in [6.45, 7) is 2.59. The molecule has 1 aromatic carbocycles. The Hall–Kier alpha value is -1.08. The van der Waals surface area contributed by atoms with Crippen LogP contribution in [0.3, 0.4) is 0 Å². The number of carboxylic acid groups (broad SMARTS) is 1. The summed E-state index contributed by atoms with van der Waals surface area (Å²) in [6, 6.07) is 8.98. The van der Waals surface area contributed by atoms with Gasteiger partial charge in [0.2, 0.25) is 0 Å². The average Bonchev–Trinajstić information content (AvgIpc) is 2.48. The van der Waals surface area contributed by atoms with Gasteiger partial charge in [-0.3, -0.25) is 4.90 Å². The number of nitrogens with zero attached hydrogens (tertiary/aromatic N) is 2. The number of alkyl halides is 1. The van der Waals surface area contributed by atoms with Gasteiger partial charge in [0, 0.05) is 22.8 Å². The van der Waals surface area contributed by atoms with Crippen molar-refractivity contribution in [1.29, 1.82) is 0 Å². The van der Waals surface area contributed by atoms with Crippen LogP contribution in [0, 0.1) is 0 Å². The normalized spacial score (nSPS) is 25.1. The van der Waals surface area contributed by atoms with E-state index in [0.29, 0.717) is 24.4 Å². The van der Waals surface area contributed by atoms with E-state index in [1.807, 2.05) is 13.0 Å². The molecule has 21 heavy (non-hydrogen) atoms. The van der Waals surface area contributed by atoms with E-state index in [-0.39, 0.29) is 4.83 Å². The van der Waals surface area contributed by atoms with Crippen LogP contribution in [0.25, 0.3) is 0 Å².